The third kappa shape index (κ3) is 2.47. The van der Waals surface area contributed by atoms with Gasteiger partial charge in [0.05, 0.1) is 6.04 Å². The maximum atomic E-state index is 13.0. The molecule has 5 nitrogen and oxygen atoms in total. The highest BCUT2D eigenvalue weighted by Crippen LogP contribution is 2.43. The van der Waals surface area contributed by atoms with Gasteiger partial charge in [-0.05, 0) is 23.6 Å². The Labute approximate surface area is 135 Å². The molecule has 2 saturated heterocycles. The van der Waals surface area contributed by atoms with Crippen molar-refractivity contribution < 1.29 is 4.79 Å². The van der Waals surface area contributed by atoms with E-state index in [1.54, 1.807) is 18.2 Å². The summed E-state index contributed by atoms with van der Waals surface area (Å²) in [6.07, 6.45) is 0. The maximum absolute atomic E-state index is 13.0. The second-order valence-corrected chi connectivity index (χ2v) is 6.34. The van der Waals surface area contributed by atoms with Crippen LogP contribution in [0.25, 0.3) is 0 Å². The Hall–Kier alpha value is -2.40. The predicted octanol–water partition coefficient (Wildman–Crippen LogP) is 1.70. The average Bonchev–Trinajstić information content (AvgIpc) is 3.15. The number of nitrogen functional groups attached to an aromatic ring is 1. The molecule has 0 radical (unpaired) electrons. The average molecular weight is 308 g/mol. The van der Waals surface area contributed by atoms with Gasteiger partial charge in [-0.2, -0.15) is 0 Å². The first-order chi connectivity index (χ1) is 11.2. The van der Waals surface area contributed by atoms with E-state index in [4.69, 9.17) is 5.73 Å². The molecule has 3 atom stereocenters. The van der Waals surface area contributed by atoms with E-state index in [0.29, 0.717) is 23.3 Å². The minimum atomic E-state index is -0.0273. The molecule has 0 bridgehead atoms. The second kappa shape index (κ2) is 5.66. The first-order valence-corrected chi connectivity index (χ1v) is 8.03. The van der Waals surface area contributed by atoms with E-state index in [-0.39, 0.29) is 11.9 Å². The normalized spacial score (nSPS) is 26.3. The number of nitrogens with zero attached hydrogens (tertiary/aromatic N) is 2. The largest absolute Gasteiger partial charge is 0.384 e. The monoisotopic (exact) mass is 308 g/mol. The summed E-state index contributed by atoms with van der Waals surface area (Å²) in [4.78, 5) is 19.2. The van der Waals surface area contributed by atoms with Crippen LogP contribution in [0.1, 0.15) is 22.1 Å². The maximum Gasteiger partial charge on any atom is 0.273 e. The number of carbonyl (C=O) groups excluding carboxylic acids is 1. The number of nitrogens with two attached hydrogens (primary N) is 1. The Morgan fingerprint density at radius 2 is 1.96 bits per heavy atom. The number of aromatic nitrogens is 1. The van der Waals surface area contributed by atoms with E-state index in [9.17, 15) is 4.79 Å². The highest BCUT2D eigenvalue weighted by atomic mass is 16.2. The zero-order chi connectivity index (χ0) is 15.8. The molecule has 4 rings (SSSR count). The summed E-state index contributed by atoms with van der Waals surface area (Å²) in [6, 6.07) is 15.6. The molecule has 1 amide bonds. The number of pyridine rings is 1. The lowest BCUT2D eigenvalue weighted by Crippen LogP contribution is -2.35. The number of hydrogen-bond donors (Lipinski definition) is 2. The number of amides is 1. The zero-order valence-electron chi connectivity index (χ0n) is 12.9. The molecule has 118 valence electrons. The van der Waals surface area contributed by atoms with Crippen molar-refractivity contribution in [2.45, 2.75) is 6.04 Å². The van der Waals surface area contributed by atoms with Crippen LogP contribution in [-0.2, 0) is 0 Å². The lowest BCUT2D eigenvalue weighted by Gasteiger charge is -2.28. The molecule has 1 aromatic carbocycles. The Morgan fingerprint density at radius 3 is 2.74 bits per heavy atom. The summed E-state index contributed by atoms with van der Waals surface area (Å²) in [5.41, 5.74) is 7.37. The van der Waals surface area contributed by atoms with Crippen LogP contribution in [0.4, 0.5) is 5.82 Å². The predicted molar refractivity (Wildman–Crippen MR) is 88.7 cm³/mol. The van der Waals surface area contributed by atoms with Crippen molar-refractivity contribution in [3.63, 3.8) is 0 Å². The summed E-state index contributed by atoms with van der Waals surface area (Å²) >= 11 is 0. The Morgan fingerprint density at radius 1 is 1.13 bits per heavy atom. The number of likely N-dealkylation sites (tertiary alicyclic amines) is 1. The van der Waals surface area contributed by atoms with Gasteiger partial charge in [-0.25, -0.2) is 4.98 Å². The molecular formula is C18H20N4O. The van der Waals surface area contributed by atoms with E-state index in [2.05, 4.69) is 22.4 Å². The summed E-state index contributed by atoms with van der Waals surface area (Å²) in [7, 11) is 0. The first kappa shape index (κ1) is 14.2. The molecule has 0 unspecified atom stereocenters. The molecule has 0 spiro atoms. The van der Waals surface area contributed by atoms with Gasteiger partial charge in [0.15, 0.2) is 0 Å². The fraction of sp³-hybridized carbons (Fsp3) is 0.333. The van der Waals surface area contributed by atoms with E-state index in [0.717, 1.165) is 19.6 Å². The quantitative estimate of drug-likeness (QED) is 0.886. The van der Waals surface area contributed by atoms with Gasteiger partial charge in [0.2, 0.25) is 0 Å². The smallest absolute Gasteiger partial charge is 0.273 e. The van der Waals surface area contributed by atoms with Crippen LogP contribution in [0.15, 0.2) is 48.5 Å². The van der Waals surface area contributed by atoms with Gasteiger partial charge in [-0.3, -0.25) is 4.79 Å². The van der Waals surface area contributed by atoms with Gasteiger partial charge in [-0.15, -0.1) is 0 Å². The van der Waals surface area contributed by atoms with E-state index >= 15 is 0 Å². The summed E-state index contributed by atoms with van der Waals surface area (Å²) in [5.74, 6) is 1.32. The van der Waals surface area contributed by atoms with Gasteiger partial charge in [-0.1, -0.05) is 36.4 Å². The summed E-state index contributed by atoms with van der Waals surface area (Å²) in [6.45, 7) is 2.70. The van der Waals surface area contributed by atoms with Crippen LogP contribution in [0.2, 0.25) is 0 Å². The molecule has 3 heterocycles. The highest BCUT2D eigenvalue weighted by Gasteiger charge is 2.47. The lowest BCUT2D eigenvalue weighted by molar-refractivity contribution is 0.0708. The van der Waals surface area contributed by atoms with Crippen molar-refractivity contribution in [3.05, 3.63) is 59.8 Å². The number of hydrogen-bond acceptors (Lipinski definition) is 4. The van der Waals surface area contributed by atoms with E-state index < -0.39 is 0 Å². The number of rotatable bonds is 2. The third-order valence-corrected chi connectivity index (χ3v) is 4.96. The van der Waals surface area contributed by atoms with Gasteiger partial charge >= 0.3 is 0 Å². The van der Waals surface area contributed by atoms with Crippen molar-refractivity contribution >= 4 is 11.7 Å². The molecule has 2 aliphatic rings. The topological polar surface area (TPSA) is 71.2 Å². The number of nitrogens with one attached hydrogen (secondary N) is 1. The summed E-state index contributed by atoms with van der Waals surface area (Å²) in [5, 5.41) is 3.46. The van der Waals surface area contributed by atoms with Crippen molar-refractivity contribution in [3.8, 4) is 0 Å². The standard InChI is InChI=1S/C18H20N4O/c19-16-8-4-7-15(21-16)18(23)22-11-13-9-20-10-14(13)17(22)12-5-2-1-3-6-12/h1-8,13-14,17,20H,9-11H2,(H2,19,21)/t13-,14-,17+/m0/s1. The van der Waals surface area contributed by atoms with Crippen LogP contribution in [0, 0.1) is 11.8 Å². The molecular weight excluding hydrogens is 288 g/mol. The van der Waals surface area contributed by atoms with Crippen LogP contribution in [0.5, 0.6) is 0 Å². The molecule has 3 N–H and O–H groups in total. The third-order valence-electron chi connectivity index (χ3n) is 4.96. The number of anilines is 1. The van der Waals surface area contributed by atoms with Crippen LogP contribution >= 0.6 is 0 Å². The van der Waals surface area contributed by atoms with Gasteiger partial charge in [0, 0.05) is 25.6 Å². The highest BCUT2D eigenvalue weighted by molar-refractivity contribution is 5.93. The Kier molecular flexibility index (Phi) is 3.50. The minimum absolute atomic E-state index is 0.0273. The van der Waals surface area contributed by atoms with Gasteiger partial charge in [0.25, 0.3) is 5.91 Å². The van der Waals surface area contributed by atoms with Crippen LogP contribution in [0.3, 0.4) is 0 Å². The summed E-state index contributed by atoms with van der Waals surface area (Å²) < 4.78 is 0. The molecule has 0 saturated carbocycles. The minimum Gasteiger partial charge on any atom is -0.384 e. The molecule has 0 aliphatic carbocycles. The lowest BCUT2D eigenvalue weighted by atomic mass is 9.89. The van der Waals surface area contributed by atoms with Crippen LogP contribution in [-0.4, -0.2) is 35.4 Å². The molecule has 2 aromatic rings. The fourth-order valence-electron chi connectivity index (χ4n) is 3.92. The van der Waals surface area contributed by atoms with E-state index in [1.807, 2.05) is 23.1 Å². The molecule has 2 fully saturated rings. The van der Waals surface area contributed by atoms with Crippen molar-refractivity contribution in [1.29, 1.82) is 0 Å². The second-order valence-electron chi connectivity index (χ2n) is 6.34. The van der Waals surface area contributed by atoms with E-state index in [1.165, 1.54) is 5.56 Å². The molecule has 2 aliphatic heterocycles. The molecule has 1 aromatic heterocycles. The zero-order valence-corrected chi connectivity index (χ0v) is 12.9. The van der Waals surface area contributed by atoms with Gasteiger partial charge < -0.3 is 16.0 Å². The van der Waals surface area contributed by atoms with Crippen molar-refractivity contribution in [2.75, 3.05) is 25.4 Å². The first-order valence-electron chi connectivity index (χ1n) is 8.03. The number of fused-ring (bicyclic) bond motifs is 1. The van der Waals surface area contributed by atoms with Gasteiger partial charge in [0.1, 0.15) is 11.5 Å². The molecule has 5 heteroatoms. The Balaban J connectivity index is 1.70. The molecule has 23 heavy (non-hydrogen) atoms. The number of carbonyl (C=O) groups is 1. The fourth-order valence-corrected chi connectivity index (χ4v) is 3.92. The Bertz CT molecular complexity index is 718. The van der Waals surface area contributed by atoms with Crippen molar-refractivity contribution in [2.24, 2.45) is 11.8 Å². The SMILES string of the molecule is Nc1cccc(C(=O)N2C[C@@H]3CNC[C@@H]3[C@H]2c2ccccc2)n1. The van der Waals surface area contributed by atoms with Crippen LogP contribution < -0.4 is 11.1 Å². The number of benzene rings is 1. The van der Waals surface area contributed by atoms with Crippen molar-refractivity contribution in [1.82, 2.24) is 15.2 Å².